The average Bonchev–Trinajstić information content (AvgIpc) is 2.65. The van der Waals surface area contributed by atoms with E-state index in [2.05, 4.69) is 32.2 Å². The van der Waals surface area contributed by atoms with E-state index in [0.29, 0.717) is 22.4 Å². The molecule has 0 fully saturated rings. The zero-order valence-electron chi connectivity index (χ0n) is 15.2. The monoisotopic (exact) mass is 415 g/mol. The molecule has 142 valence electrons. The van der Waals surface area contributed by atoms with Gasteiger partial charge in [0, 0.05) is 29.0 Å². The minimum absolute atomic E-state index is 0.0158. The molecule has 2 aromatic carbocycles. The first-order chi connectivity index (χ1) is 13.4. The van der Waals surface area contributed by atoms with Gasteiger partial charge in [-0.1, -0.05) is 23.2 Å². The molecule has 3 rings (SSSR count). The van der Waals surface area contributed by atoms with Crippen LogP contribution in [-0.4, -0.2) is 22.9 Å². The molecule has 1 N–H and O–H groups in total. The van der Waals surface area contributed by atoms with Crippen LogP contribution in [0.25, 0.3) is 16.5 Å². The number of halogens is 3. The lowest BCUT2D eigenvalue weighted by atomic mass is 10.1. The molecule has 0 unspecified atom stereocenters. The molecule has 8 heteroatoms. The van der Waals surface area contributed by atoms with Crippen LogP contribution in [0.5, 0.6) is 0 Å². The summed E-state index contributed by atoms with van der Waals surface area (Å²) in [5.41, 5.74) is 3.02. The first-order valence-electron chi connectivity index (χ1n) is 8.25. The molecule has 0 aliphatic carbocycles. The Kier molecular flexibility index (Phi) is 6.02. The van der Waals surface area contributed by atoms with Crippen LogP contribution in [0.3, 0.4) is 0 Å². The van der Waals surface area contributed by atoms with E-state index in [0.717, 1.165) is 22.0 Å². The molecule has 0 aliphatic heterocycles. The maximum absolute atomic E-state index is 13.5. The second kappa shape index (κ2) is 8.46. The SMILES string of the molecule is C=N/N=C\C=C(/C)c1nc(Nc2ccc(F)c(Cl)c2)c2cc(Cl)cc(C)c2n1. The van der Waals surface area contributed by atoms with E-state index < -0.39 is 5.82 Å². The highest BCUT2D eigenvalue weighted by atomic mass is 35.5. The first-order valence-corrected chi connectivity index (χ1v) is 9.01. The second-order valence-electron chi connectivity index (χ2n) is 6.02. The van der Waals surface area contributed by atoms with Gasteiger partial charge in [-0.3, -0.25) is 0 Å². The van der Waals surface area contributed by atoms with Crippen molar-refractivity contribution in [1.29, 1.82) is 0 Å². The van der Waals surface area contributed by atoms with Gasteiger partial charge < -0.3 is 5.32 Å². The molecule has 3 aromatic rings. The van der Waals surface area contributed by atoms with Gasteiger partial charge in [-0.05, 0) is 61.4 Å². The first kappa shape index (κ1) is 19.9. The Hall–Kier alpha value is -2.83. The molecule has 0 spiro atoms. The number of aromatic nitrogens is 2. The number of allylic oxidation sites excluding steroid dienone is 2. The third kappa shape index (κ3) is 4.35. The molecule has 0 radical (unpaired) electrons. The van der Waals surface area contributed by atoms with Crippen molar-refractivity contribution >= 4 is 64.1 Å². The Bertz CT molecular complexity index is 1130. The molecule has 0 amide bonds. The van der Waals surface area contributed by atoms with E-state index in [9.17, 15) is 4.39 Å². The van der Waals surface area contributed by atoms with E-state index >= 15 is 0 Å². The normalized spacial score (nSPS) is 12.0. The predicted octanol–water partition coefficient (Wildman–Crippen LogP) is 6.22. The van der Waals surface area contributed by atoms with Crippen LogP contribution in [0.4, 0.5) is 15.9 Å². The average molecular weight is 416 g/mol. The van der Waals surface area contributed by atoms with Crippen molar-refractivity contribution in [2.75, 3.05) is 5.32 Å². The highest BCUT2D eigenvalue weighted by Crippen LogP contribution is 2.31. The third-order valence-corrected chi connectivity index (χ3v) is 4.47. The van der Waals surface area contributed by atoms with E-state index in [1.54, 1.807) is 18.2 Å². The topological polar surface area (TPSA) is 62.5 Å². The van der Waals surface area contributed by atoms with Crippen molar-refractivity contribution in [2.24, 2.45) is 10.2 Å². The Balaban J connectivity index is 2.17. The highest BCUT2D eigenvalue weighted by Gasteiger charge is 2.13. The van der Waals surface area contributed by atoms with Crippen LogP contribution >= 0.6 is 23.2 Å². The number of nitrogens with zero attached hydrogens (tertiary/aromatic N) is 4. The molecule has 0 aliphatic rings. The number of anilines is 2. The Labute approximate surface area is 171 Å². The molecular formula is C20H16Cl2FN5. The molecule has 5 nitrogen and oxygen atoms in total. The molecule has 0 atom stereocenters. The summed E-state index contributed by atoms with van der Waals surface area (Å²) in [6.07, 6.45) is 3.25. The summed E-state index contributed by atoms with van der Waals surface area (Å²) in [6, 6.07) is 7.98. The maximum Gasteiger partial charge on any atom is 0.157 e. The number of hydrogen-bond acceptors (Lipinski definition) is 5. The quantitative estimate of drug-likeness (QED) is 0.397. The van der Waals surface area contributed by atoms with Gasteiger partial charge in [-0.15, -0.1) is 0 Å². The van der Waals surface area contributed by atoms with E-state index in [4.69, 9.17) is 23.2 Å². The van der Waals surface area contributed by atoms with Gasteiger partial charge in [0.1, 0.15) is 11.6 Å². The number of nitrogens with one attached hydrogen (secondary N) is 1. The smallest absolute Gasteiger partial charge is 0.157 e. The van der Waals surface area contributed by atoms with Crippen molar-refractivity contribution in [3.05, 3.63) is 63.7 Å². The zero-order chi connectivity index (χ0) is 20.3. The lowest BCUT2D eigenvalue weighted by Gasteiger charge is -2.13. The molecule has 1 heterocycles. The molecule has 1 aromatic heterocycles. The highest BCUT2D eigenvalue weighted by molar-refractivity contribution is 6.31. The predicted molar refractivity (Wildman–Crippen MR) is 116 cm³/mol. The summed E-state index contributed by atoms with van der Waals surface area (Å²) >= 11 is 12.1. The lowest BCUT2D eigenvalue weighted by molar-refractivity contribution is 0.628. The largest absolute Gasteiger partial charge is 0.340 e. The lowest BCUT2D eigenvalue weighted by Crippen LogP contribution is -2.02. The number of benzene rings is 2. The summed E-state index contributed by atoms with van der Waals surface area (Å²) in [4.78, 5) is 9.27. The fraction of sp³-hybridized carbons (Fsp3) is 0.100. The molecule has 0 saturated heterocycles. The summed E-state index contributed by atoms with van der Waals surface area (Å²) < 4.78 is 13.5. The van der Waals surface area contributed by atoms with Crippen LogP contribution in [0.2, 0.25) is 10.0 Å². The fourth-order valence-corrected chi connectivity index (χ4v) is 3.06. The molecular weight excluding hydrogens is 400 g/mol. The maximum atomic E-state index is 13.5. The number of hydrogen-bond donors (Lipinski definition) is 1. The zero-order valence-corrected chi connectivity index (χ0v) is 16.7. The molecule has 0 saturated carbocycles. The van der Waals surface area contributed by atoms with Crippen molar-refractivity contribution in [1.82, 2.24) is 9.97 Å². The Morgan fingerprint density at radius 1 is 1.21 bits per heavy atom. The third-order valence-electron chi connectivity index (χ3n) is 3.96. The summed E-state index contributed by atoms with van der Waals surface area (Å²) in [7, 11) is 0. The van der Waals surface area contributed by atoms with Gasteiger partial charge in [-0.2, -0.15) is 10.2 Å². The minimum atomic E-state index is -0.492. The van der Waals surface area contributed by atoms with Crippen LogP contribution in [0.1, 0.15) is 18.3 Å². The van der Waals surface area contributed by atoms with Crippen molar-refractivity contribution < 1.29 is 4.39 Å². The standard InChI is InChI=1S/C20H16Cl2FN5/c1-11(6-7-25-24-3)19-27-18-12(2)8-13(21)9-15(18)20(28-19)26-14-4-5-17(23)16(22)10-14/h4-10H,3H2,1-2H3,(H,26,27,28)/b11-6+,25-7-. The van der Waals surface area contributed by atoms with Crippen LogP contribution in [0, 0.1) is 12.7 Å². The Morgan fingerprint density at radius 3 is 2.71 bits per heavy atom. The second-order valence-corrected chi connectivity index (χ2v) is 6.87. The van der Waals surface area contributed by atoms with E-state index in [1.165, 1.54) is 18.3 Å². The van der Waals surface area contributed by atoms with Crippen molar-refractivity contribution in [3.8, 4) is 0 Å². The van der Waals surface area contributed by atoms with Crippen LogP contribution in [-0.2, 0) is 0 Å². The van der Waals surface area contributed by atoms with Gasteiger partial charge >= 0.3 is 0 Å². The van der Waals surface area contributed by atoms with Gasteiger partial charge in [-0.25, -0.2) is 14.4 Å². The van der Waals surface area contributed by atoms with Gasteiger partial charge in [0.25, 0.3) is 0 Å². The van der Waals surface area contributed by atoms with Crippen molar-refractivity contribution in [3.63, 3.8) is 0 Å². The minimum Gasteiger partial charge on any atom is -0.340 e. The molecule has 0 bridgehead atoms. The van der Waals surface area contributed by atoms with Gasteiger partial charge in [0.05, 0.1) is 10.5 Å². The summed E-state index contributed by atoms with van der Waals surface area (Å²) in [5, 5.41) is 11.6. The number of fused-ring (bicyclic) bond motifs is 1. The van der Waals surface area contributed by atoms with Crippen molar-refractivity contribution in [2.45, 2.75) is 13.8 Å². The number of rotatable bonds is 5. The summed E-state index contributed by atoms with van der Waals surface area (Å²) in [5.74, 6) is 0.539. The van der Waals surface area contributed by atoms with Gasteiger partial charge in [0.2, 0.25) is 0 Å². The fourth-order valence-electron chi connectivity index (χ4n) is 2.61. The van der Waals surface area contributed by atoms with E-state index in [1.807, 2.05) is 19.9 Å². The van der Waals surface area contributed by atoms with Crippen LogP contribution < -0.4 is 5.32 Å². The van der Waals surface area contributed by atoms with E-state index in [-0.39, 0.29) is 5.02 Å². The molecule has 28 heavy (non-hydrogen) atoms. The van der Waals surface area contributed by atoms with Crippen LogP contribution in [0.15, 0.2) is 46.6 Å². The summed E-state index contributed by atoms with van der Waals surface area (Å²) in [6.45, 7) is 7.08. The number of aryl methyl sites for hydroxylation is 1. The Morgan fingerprint density at radius 2 is 2.00 bits per heavy atom. The van der Waals surface area contributed by atoms with Gasteiger partial charge in [0.15, 0.2) is 5.82 Å².